The Morgan fingerprint density at radius 1 is 1.29 bits per heavy atom. The predicted molar refractivity (Wildman–Crippen MR) is 76.0 cm³/mol. The van der Waals surface area contributed by atoms with Crippen LogP contribution in [-0.2, 0) is 14.3 Å². The second-order valence-electron chi connectivity index (χ2n) is 7.08. The Hall–Kier alpha value is -1.30. The maximum atomic E-state index is 11.6. The molecule has 2 fully saturated rings. The number of carboxylic acids is 1. The van der Waals surface area contributed by atoms with Gasteiger partial charge in [0.1, 0.15) is 5.60 Å². The Balaban J connectivity index is 1.79. The summed E-state index contributed by atoms with van der Waals surface area (Å²) < 4.78 is 10.8. The van der Waals surface area contributed by atoms with Crippen molar-refractivity contribution in [1.29, 1.82) is 0 Å². The van der Waals surface area contributed by atoms with Gasteiger partial charge in [0, 0.05) is 0 Å². The Bertz CT molecular complexity index is 403. The second-order valence-corrected chi connectivity index (χ2v) is 7.08. The third-order valence-electron chi connectivity index (χ3n) is 4.14. The SMILES string of the molecule is CC(C)(C)OC(=O)N[C@H](COC1CC2CCC1C2)C(=O)O. The van der Waals surface area contributed by atoms with Crippen LogP contribution >= 0.6 is 0 Å². The van der Waals surface area contributed by atoms with Crippen LogP contribution in [0.1, 0.15) is 46.5 Å². The molecular formula is C15H25NO5. The maximum Gasteiger partial charge on any atom is 0.408 e. The molecule has 2 bridgehead atoms. The second kappa shape index (κ2) is 6.22. The fraction of sp³-hybridized carbons (Fsp3) is 0.867. The molecule has 3 unspecified atom stereocenters. The summed E-state index contributed by atoms with van der Waals surface area (Å²) in [7, 11) is 0. The molecule has 0 spiro atoms. The Morgan fingerprint density at radius 2 is 2.00 bits per heavy atom. The van der Waals surface area contributed by atoms with E-state index >= 15 is 0 Å². The molecule has 2 aliphatic rings. The first-order valence-corrected chi connectivity index (χ1v) is 7.58. The Labute approximate surface area is 125 Å². The maximum absolute atomic E-state index is 11.6. The molecule has 2 aliphatic carbocycles. The van der Waals surface area contributed by atoms with Gasteiger partial charge in [-0.25, -0.2) is 9.59 Å². The number of aliphatic carboxylic acids is 1. The van der Waals surface area contributed by atoms with Gasteiger partial charge < -0.3 is 19.9 Å². The van der Waals surface area contributed by atoms with E-state index in [4.69, 9.17) is 9.47 Å². The van der Waals surface area contributed by atoms with Crippen molar-refractivity contribution in [2.75, 3.05) is 6.61 Å². The monoisotopic (exact) mass is 299 g/mol. The molecule has 0 aromatic carbocycles. The van der Waals surface area contributed by atoms with E-state index in [-0.39, 0.29) is 12.7 Å². The van der Waals surface area contributed by atoms with Crippen molar-refractivity contribution in [3.8, 4) is 0 Å². The standard InChI is InChI=1S/C15H25NO5/c1-15(2,3)21-14(19)16-11(13(17)18)8-20-12-7-9-4-5-10(12)6-9/h9-12H,4-8H2,1-3H3,(H,16,19)(H,17,18)/t9?,10?,11-,12?/m1/s1. The molecule has 0 aromatic heterocycles. The fourth-order valence-corrected chi connectivity index (χ4v) is 3.23. The van der Waals surface area contributed by atoms with Crippen molar-refractivity contribution in [3.63, 3.8) is 0 Å². The van der Waals surface area contributed by atoms with E-state index in [1.165, 1.54) is 19.3 Å². The largest absolute Gasteiger partial charge is 0.480 e. The zero-order valence-corrected chi connectivity index (χ0v) is 12.9. The Kier molecular flexibility index (Phi) is 4.76. The minimum absolute atomic E-state index is 0.0114. The van der Waals surface area contributed by atoms with E-state index in [0.29, 0.717) is 5.92 Å². The van der Waals surface area contributed by atoms with Gasteiger partial charge in [0.05, 0.1) is 12.7 Å². The highest BCUT2D eigenvalue weighted by Crippen LogP contribution is 2.45. The number of alkyl carbamates (subject to hydrolysis) is 1. The van der Waals surface area contributed by atoms with Crippen LogP contribution < -0.4 is 5.32 Å². The molecule has 0 radical (unpaired) electrons. The van der Waals surface area contributed by atoms with Gasteiger partial charge in [-0.2, -0.15) is 0 Å². The Morgan fingerprint density at radius 3 is 2.48 bits per heavy atom. The average Bonchev–Trinajstić information content (AvgIpc) is 2.93. The summed E-state index contributed by atoms with van der Waals surface area (Å²) in [6.45, 7) is 5.18. The van der Waals surface area contributed by atoms with Crippen LogP contribution in [0.2, 0.25) is 0 Å². The smallest absolute Gasteiger partial charge is 0.408 e. The van der Waals surface area contributed by atoms with E-state index in [0.717, 1.165) is 12.3 Å². The number of carbonyl (C=O) groups excluding carboxylic acids is 1. The summed E-state index contributed by atoms with van der Waals surface area (Å²) in [6, 6.07) is -1.07. The quantitative estimate of drug-likeness (QED) is 0.812. The molecule has 2 rings (SSSR count). The van der Waals surface area contributed by atoms with Crippen LogP contribution in [0.4, 0.5) is 4.79 Å². The number of carboxylic acid groups (broad SMARTS) is 1. The van der Waals surface area contributed by atoms with Crippen LogP contribution in [0, 0.1) is 11.8 Å². The molecule has 2 saturated carbocycles. The van der Waals surface area contributed by atoms with Gasteiger partial charge in [-0.3, -0.25) is 0 Å². The van der Waals surface area contributed by atoms with Gasteiger partial charge in [-0.1, -0.05) is 0 Å². The lowest BCUT2D eigenvalue weighted by molar-refractivity contribution is -0.142. The van der Waals surface area contributed by atoms with Crippen molar-refractivity contribution in [3.05, 3.63) is 0 Å². The first-order chi connectivity index (χ1) is 9.74. The van der Waals surface area contributed by atoms with Gasteiger partial charge in [-0.15, -0.1) is 0 Å². The summed E-state index contributed by atoms with van der Waals surface area (Å²) >= 11 is 0. The fourth-order valence-electron chi connectivity index (χ4n) is 3.23. The molecule has 2 N–H and O–H groups in total. The lowest BCUT2D eigenvalue weighted by atomic mass is 9.98. The molecule has 120 valence electrons. The molecule has 1 amide bonds. The summed E-state index contributed by atoms with van der Waals surface area (Å²) in [5, 5.41) is 11.5. The average molecular weight is 299 g/mol. The molecule has 0 saturated heterocycles. The molecule has 21 heavy (non-hydrogen) atoms. The van der Waals surface area contributed by atoms with Crippen LogP contribution in [0.25, 0.3) is 0 Å². The minimum atomic E-state index is -1.11. The number of carbonyl (C=O) groups is 2. The molecule has 0 aliphatic heterocycles. The summed E-state index contributed by atoms with van der Waals surface area (Å²) in [4.78, 5) is 22.9. The number of rotatable bonds is 5. The van der Waals surface area contributed by atoms with Crippen molar-refractivity contribution < 1.29 is 24.2 Å². The van der Waals surface area contributed by atoms with Gasteiger partial charge in [0.15, 0.2) is 6.04 Å². The zero-order chi connectivity index (χ0) is 15.6. The summed E-state index contributed by atoms with van der Waals surface area (Å²) in [5.74, 6) is 0.192. The van der Waals surface area contributed by atoms with Crippen LogP contribution in [0.3, 0.4) is 0 Å². The first-order valence-electron chi connectivity index (χ1n) is 7.58. The number of nitrogens with one attached hydrogen (secondary N) is 1. The number of hydrogen-bond acceptors (Lipinski definition) is 4. The molecule has 0 aromatic rings. The van der Waals surface area contributed by atoms with Crippen molar-refractivity contribution in [2.24, 2.45) is 11.8 Å². The normalized spacial score (nSPS) is 29.2. The molecule has 6 heteroatoms. The van der Waals surface area contributed by atoms with Crippen LogP contribution in [0.5, 0.6) is 0 Å². The lowest BCUT2D eigenvalue weighted by Gasteiger charge is -2.25. The minimum Gasteiger partial charge on any atom is -0.480 e. The highest BCUT2D eigenvalue weighted by Gasteiger charge is 2.40. The topological polar surface area (TPSA) is 84.9 Å². The van der Waals surface area contributed by atoms with E-state index in [9.17, 15) is 14.7 Å². The summed E-state index contributed by atoms with van der Waals surface area (Å²) in [5.41, 5.74) is -0.654. The lowest BCUT2D eigenvalue weighted by Crippen LogP contribution is -2.46. The van der Waals surface area contributed by atoms with E-state index in [2.05, 4.69) is 5.32 Å². The van der Waals surface area contributed by atoms with Crippen molar-refractivity contribution in [1.82, 2.24) is 5.32 Å². The third-order valence-corrected chi connectivity index (χ3v) is 4.14. The number of amides is 1. The van der Waals surface area contributed by atoms with Gasteiger partial charge in [-0.05, 0) is 58.3 Å². The van der Waals surface area contributed by atoms with Crippen molar-refractivity contribution >= 4 is 12.1 Å². The van der Waals surface area contributed by atoms with Gasteiger partial charge >= 0.3 is 12.1 Å². The molecule has 0 heterocycles. The molecule has 4 atom stereocenters. The molecule has 6 nitrogen and oxygen atoms in total. The van der Waals surface area contributed by atoms with E-state index in [1.54, 1.807) is 20.8 Å². The van der Waals surface area contributed by atoms with Gasteiger partial charge in [0.25, 0.3) is 0 Å². The highest BCUT2D eigenvalue weighted by atomic mass is 16.6. The first kappa shape index (κ1) is 16.1. The van der Waals surface area contributed by atoms with Crippen LogP contribution in [-0.4, -0.2) is 41.5 Å². The predicted octanol–water partition coefficient (Wildman–Crippen LogP) is 2.17. The zero-order valence-electron chi connectivity index (χ0n) is 12.9. The highest BCUT2D eigenvalue weighted by molar-refractivity contribution is 5.80. The number of hydrogen-bond donors (Lipinski definition) is 2. The summed E-state index contributed by atoms with van der Waals surface area (Å²) in [6.07, 6.45) is 4.07. The molecular weight excluding hydrogens is 274 g/mol. The number of fused-ring (bicyclic) bond motifs is 2. The van der Waals surface area contributed by atoms with Crippen molar-refractivity contribution in [2.45, 2.75) is 64.2 Å². The van der Waals surface area contributed by atoms with E-state index < -0.39 is 23.7 Å². The van der Waals surface area contributed by atoms with Gasteiger partial charge in [0.2, 0.25) is 0 Å². The number of ether oxygens (including phenoxy) is 2. The van der Waals surface area contributed by atoms with E-state index in [1.807, 2.05) is 0 Å². The van der Waals surface area contributed by atoms with Crippen LogP contribution in [0.15, 0.2) is 0 Å². The third kappa shape index (κ3) is 4.59.